The van der Waals surface area contributed by atoms with Crippen LogP contribution in [0.2, 0.25) is 0 Å². The third-order valence-corrected chi connectivity index (χ3v) is 4.35. The minimum atomic E-state index is 0.615. The van der Waals surface area contributed by atoms with E-state index in [1.54, 1.807) is 11.3 Å². The van der Waals surface area contributed by atoms with Crippen LogP contribution >= 0.6 is 11.3 Å². The Balaban J connectivity index is 1.83. The van der Waals surface area contributed by atoms with E-state index < -0.39 is 0 Å². The molecule has 2 rings (SSSR count). The van der Waals surface area contributed by atoms with Gasteiger partial charge in [0.25, 0.3) is 0 Å². The van der Waals surface area contributed by atoms with Gasteiger partial charge < -0.3 is 5.32 Å². The monoisotopic (exact) mass is 238 g/mol. The van der Waals surface area contributed by atoms with Crippen LogP contribution in [0.15, 0.2) is 11.7 Å². The molecule has 1 aliphatic carbocycles. The van der Waals surface area contributed by atoms with Crippen molar-refractivity contribution in [3.8, 4) is 0 Å². The summed E-state index contributed by atoms with van der Waals surface area (Å²) in [5, 5.41) is 3.58. The molecule has 1 N–H and O–H groups in total. The molecule has 1 aromatic rings. The summed E-state index contributed by atoms with van der Waals surface area (Å²) in [6.07, 6.45) is 7.50. The maximum absolute atomic E-state index is 4.17. The van der Waals surface area contributed by atoms with Crippen LogP contribution in [0, 0.1) is 11.8 Å². The molecule has 2 nitrogen and oxygen atoms in total. The summed E-state index contributed by atoms with van der Waals surface area (Å²) in [7, 11) is 0. The molecule has 0 amide bonds. The van der Waals surface area contributed by atoms with Gasteiger partial charge in [0.2, 0.25) is 0 Å². The van der Waals surface area contributed by atoms with Crippen molar-refractivity contribution in [2.75, 3.05) is 6.54 Å². The maximum Gasteiger partial charge on any atom is 0.0794 e. The Labute approximate surface area is 102 Å². The van der Waals surface area contributed by atoms with E-state index >= 15 is 0 Å². The molecule has 3 heteroatoms. The molecule has 0 bridgehead atoms. The summed E-state index contributed by atoms with van der Waals surface area (Å²) in [4.78, 5) is 5.63. The van der Waals surface area contributed by atoms with E-state index in [4.69, 9.17) is 0 Å². The lowest BCUT2D eigenvalue weighted by Crippen LogP contribution is -2.31. The summed E-state index contributed by atoms with van der Waals surface area (Å²) in [6, 6.07) is 0.615. The lowest BCUT2D eigenvalue weighted by atomic mass is 9.92. The van der Waals surface area contributed by atoms with Gasteiger partial charge in [-0.25, -0.2) is 0 Å². The van der Waals surface area contributed by atoms with E-state index in [2.05, 4.69) is 24.1 Å². The van der Waals surface area contributed by atoms with Crippen molar-refractivity contribution in [1.82, 2.24) is 10.3 Å². The quantitative estimate of drug-likeness (QED) is 0.852. The Morgan fingerprint density at radius 3 is 2.94 bits per heavy atom. The first kappa shape index (κ1) is 12.1. The van der Waals surface area contributed by atoms with E-state index in [1.165, 1.54) is 37.1 Å². The fraction of sp³-hybridized carbons (Fsp3) is 0.769. The summed E-state index contributed by atoms with van der Waals surface area (Å²) < 4.78 is 0. The zero-order chi connectivity index (χ0) is 11.4. The summed E-state index contributed by atoms with van der Waals surface area (Å²) in [5.41, 5.74) is 1.95. The molecule has 2 atom stereocenters. The molecule has 1 heterocycles. The second-order valence-electron chi connectivity index (χ2n) is 5.19. The van der Waals surface area contributed by atoms with Gasteiger partial charge in [-0.15, -0.1) is 11.3 Å². The van der Waals surface area contributed by atoms with E-state index in [0.717, 1.165) is 11.8 Å². The molecule has 0 saturated heterocycles. The second kappa shape index (κ2) is 5.78. The molecule has 16 heavy (non-hydrogen) atoms. The van der Waals surface area contributed by atoms with Gasteiger partial charge in [0.15, 0.2) is 0 Å². The van der Waals surface area contributed by atoms with Crippen molar-refractivity contribution in [2.24, 2.45) is 11.8 Å². The first-order valence-electron chi connectivity index (χ1n) is 6.36. The van der Waals surface area contributed by atoms with Gasteiger partial charge in [-0.3, -0.25) is 4.98 Å². The standard InChI is InChI=1S/C13H22N2S/c1-10(2)15-7-12-5-3-4-11(12)6-13-8-14-9-16-13/h8-12,15H,3-7H2,1-2H3. The molecule has 90 valence electrons. The van der Waals surface area contributed by atoms with Crippen LogP contribution in [0.3, 0.4) is 0 Å². The van der Waals surface area contributed by atoms with Crippen LogP contribution < -0.4 is 5.32 Å². The zero-order valence-corrected chi connectivity index (χ0v) is 11.1. The SMILES string of the molecule is CC(C)NCC1CCCC1Cc1cncs1. The van der Waals surface area contributed by atoms with Crippen molar-refractivity contribution < 1.29 is 0 Å². The number of thiazole rings is 1. The van der Waals surface area contributed by atoms with Crippen molar-refractivity contribution >= 4 is 11.3 Å². The van der Waals surface area contributed by atoms with Gasteiger partial charge in [0.1, 0.15) is 0 Å². The predicted molar refractivity (Wildman–Crippen MR) is 69.8 cm³/mol. The molecule has 1 aliphatic rings. The maximum atomic E-state index is 4.17. The minimum absolute atomic E-state index is 0.615. The van der Waals surface area contributed by atoms with Crippen LogP contribution in [-0.4, -0.2) is 17.6 Å². The Morgan fingerprint density at radius 1 is 1.44 bits per heavy atom. The van der Waals surface area contributed by atoms with Crippen molar-refractivity contribution in [3.63, 3.8) is 0 Å². The van der Waals surface area contributed by atoms with Crippen LogP contribution in [0.25, 0.3) is 0 Å². The first-order valence-corrected chi connectivity index (χ1v) is 7.24. The second-order valence-corrected chi connectivity index (χ2v) is 6.16. The highest BCUT2D eigenvalue weighted by Gasteiger charge is 2.27. The first-order chi connectivity index (χ1) is 7.75. The van der Waals surface area contributed by atoms with Crippen molar-refractivity contribution in [3.05, 3.63) is 16.6 Å². The third-order valence-electron chi connectivity index (χ3n) is 3.55. The van der Waals surface area contributed by atoms with Crippen molar-refractivity contribution in [1.29, 1.82) is 0 Å². The zero-order valence-electron chi connectivity index (χ0n) is 10.3. The van der Waals surface area contributed by atoms with Crippen LogP contribution in [-0.2, 0) is 6.42 Å². The van der Waals surface area contributed by atoms with E-state index in [-0.39, 0.29) is 0 Å². The lowest BCUT2D eigenvalue weighted by Gasteiger charge is -2.20. The van der Waals surface area contributed by atoms with Crippen LogP contribution in [0.4, 0.5) is 0 Å². The molecule has 0 spiro atoms. The molecule has 2 unspecified atom stereocenters. The summed E-state index contributed by atoms with van der Waals surface area (Å²) in [6.45, 7) is 5.65. The summed E-state index contributed by atoms with van der Waals surface area (Å²) in [5.74, 6) is 1.76. The van der Waals surface area contributed by atoms with Crippen LogP contribution in [0.5, 0.6) is 0 Å². The third kappa shape index (κ3) is 3.29. The van der Waals surface area contributed by atoms with Gasteiger partial charge in [0, 0.05) is 17.1 Å². The predicted octanol–water partition coefficient (Wildman–Crippen LogP) is 3.10. The molecule has 0 radical (unpaired) electrons. The van der Waals surface area contributed by atoms with Gasteiger partial charge in [-0.05, 0) is 37.6 Å². The Bertz CT molecular complexity index is 295. The Kier molecular flexibility index (Phi) is 4.36. The topological polar surface area (TPSA) is 24.9 Å². The Hall–Kier alpha value is -0.410. The number of rotatable bonds is 5. The summed E-state index contributed by atoms with van der Waals surface area (Å²) >= 11 is 1.80. The van der Waals surface area contributed by atoms with Gasteiger partial charge in [-0.1, -0.05) is 20.3 Å². The largest absolute Gasteiger partial charge is 0.314 e. The molecule has 1 fully saturated rings. The van der Waals surface area contributed by atoms with Crippen molar-refractivity contribution in [2.45, 2.75) is 45.6 Å². The van der Waals surface area contributed by atoms with Gasteiger partial charge in [-0.2, -0.15) is 0 Å². The Morgan fingerprint density at radius 2 is 2.25 bits per heavy atom. The molecular weight excluding hydrogens is 216 g/mol. The lowest BCUT2D eigenvalue weighted by molar-refractivity contribution is 0.355. The molecular formula is C13H22N2S. The number of aromatic nitrogens is 1. The van der Waals surface area contributed by atoms with Gasteiger partial charge >= 0.3 is 0 Å². The van der Waals surface area contributed by atoms with E-state index in [0.29, 0.717) is 6.04 Å². The average molecular weight is 238 g/mol. The fourth-order valence-electron chi connectivity index (χ4n) is 2.64. The number of hydrogen-bond acceptors (Lipinski definition) is 3. The van der Waals surface area contributed by atoms with Crippen LogP contribution in [0.1, 0.15) is 38.0 Å². The van der Waals surface area contributed by atoms with Gasteiger partial charge in [0.05, 0.1) is 5.51 Å². The highest BCUT2D eigenvalue weighted by Crippen LogP contribution is 2.34. The fourth-order valence-corrected chi connectivity index (χ4v) is 3.33. The molecule has 1 aromatic heterocycles. The number of hydrogen-bond donors (Lipinski definition) is 1. The molecule has 0 aromatic carbocycles. The smallest absolute Gasteiger partial charge is 0.0794 e. The number of nitrogens with one attached hydrogen (secondary N) is 1. The van der Waals surface area contributed by atoms with E-state index in [1.807, 2.05) is 11.7 Å². The highest BCUT2D eigenvalue weighted by atomic mass is 32.1. The molecule has 1 saturated carbocycles. The normalized spacial score (nSPS) is 25.4. The number of nitrogens with zero attached hydrogens (tertiary/aromatic N) is 1. The highest BCUT2D eigenvalue weighted by molar-refractivity contribution is 7.09. The van der Waals surface area contributed by atoms with E-state index in [9.17, 15) is 0 Å². The minimum Gasteiger partial charge on any atom is -0.314 e. The molecule has 0 aliphatic heterocycles. The average Bonchev–Trinajstić information content (AvgIpc) is 2.87.